The summed E-state index contributed by atoms with van der Waals surface area (Å²) in [7, 11) is 1.60. The fraction of sp³-hybridized carbons (Fsp3) is 0.158. The first-order valence-electron chi connectivity index (χ1n) is 7.47. The van der Waals surface area contributed by atoms with Crippen LogP contribution < -0.4 is 10.5 Å². The molecule has 0 bridgehead atoms. The van der Waals surface area contributed by atoms with E-state index in [4.69, 9.17) is 10.5 Å². The van der Waals surface area contributed by atoms with Crippen LogP contribution in [0.3, 0.4) is 0 Å². The molecule has 0 saturated carbocycles. The van der Waals surface area contributed by atoms with Crippen LogP contribution in [0.2, 0.25) is 0 Å². The highest BCUT2D eigenvalue weighted by Crippen LogP contribution is 2.35. The lowest BCUT2D eigenvalue weighted by Gasteiger charge is -2.24. The van der Waals surface area contributed by atoms with Crippen molar-refractivity contribution in [3.05, 3.63) is 71.6 Å². The zero-order valence-electron chi connectivity index (χ0n) is 13.1. The Bertz CT molecular complexity index is 832. The molecule has 0 aliphatic carbocycles. The largest absolute Gasteiger partial charge is 0.497 e. The zero-order chi connectivity index (χ0) is 17.1. The first kappa shape index (κ1) is 15.8. The number of methoxy groups -OCH3 is 1. The Morgan fingerprint density at radius 2 is 1.79 bits per heavy atom. The van der Waals surface area contributed by atoms with E-state index >= 15 is 0 Å². The molecule has 0 spiro atoms. The van der Waals surface area contributed by atoms with Gasteiger partial charge in [-0.15, -0.1) is 0 Å². The molecule has 24 heavy (non-hydrogen) atoms. The Morgan fingerprint density at radius 1 is 1.12 bits per heavy atom. The lowest BCUT2D eigenvalue weighted by molar-refractivity contribution is 0.414. The van der Waals surface area contributed by atoms with Gasteiger partial charge in [0.25, 0.3) is 0 Å². The third-order valence-corrected chi connectivity index (χ3v) is 4.04. The van der Waals surface area contributed by atoms with Crippen molar-refractivity contribution in [3.63, 3.8) is 0 Å². The highest BCUT2D eigenvalue weighted by atomic mass is 19.1. The lowest BCUT2D eigenvalue weighted by atomic mass is 9.83. The minimum atomic E-state index is -0.539. The number of hydrogen-bond donors (Lipinski definition) is 1. The van der Waals surface area contributed by atoms with E-state index in [9.17, 15) is 9.65 Å². The summed E-state index contributed by atoms with van der Waals surface area (Å²) in [5.74, 6) is -0.0673. The van der Waals surface area contributed by atoms with Gasteiger partial charge in [-0.2, -0.15) is 5.26 Å². The molecule has 3 rings (SSSR count). The van der Waals surface area contributed by atoms with Gasteiger partial charge in [-0.1, -0.05) is 12.1 Å². The fourth-order valence-corrected chi connectivity index (χ4v) is 2.74. The van der Waals surface area contributed by atoms with Gasteiger partial charge in [0.05, 0.1) is 18.9 Å². The summed E-state index contributed by atoms with van der Waals surface area (Å²) in [4.78, 5) is 4.33. The summed E-state index contributed by atoms with van der Waals surface area (Å²) in [5, 5.41) is 9.47. The predicted octanol–water partition coefficient (Wildman–Crippen LogP) is 3.47. The van der Waals surface area contributed by atoms with Crippen LogP contribution in [0.4, 0.5) is 4.39 Å². The molecule has 1 aliphatic heterocycles. The maximum atomic E-state index is 13.1. The van der Waals surface area contributed by atoms with E-state index in [1.165, 1.54) is 12.1 Å². The van der Waals surface area contributed by atoms with Crippen LogP contribution in [-0.2, 0) is 0 Å². The highest BCUT2D eigenvalue weighted by molar-refractivity contribution is 5.93. The fourth-order valence-electron chi connectivity index (χ4n) is 2.74. The van der Waals surface area contributed by atoms with Gasteiger partial charge in [0, 0.05) is 11.5 Å². The third kappa shape index (κ3) is 2.99. The summed E-state index contributed by atoms with van der Waals surface area (Å²) in [6.45, 7) is 0. The van der Waals surface area contributed by atoms with Gasteiger partial charge in [-0.05, 0) is 48.0 Å². The van der Waals surface area contributed by atoms with E-state index in [0.29, 0.717) is 5.70 Å². The summed E-state index contributed by atoms with van der Waals surface area (Å²) >= 11 is 0. The first-order valence-corrected chi connectivity index (χ1v) is 7.47. The topological polar surface area (TPSA) is 71.4 Å². The van der Waals surface area contributed by atoms with Crippen LogP contribution in [0.1, 0.15) is 17.0 Å². The molecule has 0 fully saturated rings. The van der Waals surface area contributed by atoms with Crippen molar-refractivity contribution >= 4 is 11.5 Å². The van der Waals surface area contributed by atoms with Crippen molar-refractivity contribution in [3.8, 4) is 11.8 Å². The number of ether oxygens (including phenoxy) is 1. The zero-order valence-corrected chi connectivity index (χ0v) is 13.1. The van der Waals surface area contributed by atoms with E-state index in [1.54, 1.807) is 19.2 Å². The molecule has 2 aromatic rings. The number of benzene rings is 2. The van der Waals surface area contributed by atoms with Crippen LogP contribution in [0.15, 0.2) is 59.6 Å². The van der Waals surface area contributed by atoms with Crippen molar-refractivity contribution in [1.82, 2.24) is 0 Å². The van der Waals surface area contributed by atoms with E-state index in [1.807, 2.05) is 30.3 Å². The minimum Gasteiger partial charge on any atom is -0.497 e. The molecule has 2 aromatic carbocycles. The maximum absolute atomic E-state index is 13.1. The average molecular weight is 321 g/mol. The van der Waals surface area contributed by atoms with E-state index in [2.05, 4.69) is 11.1 Å². The standard InChI is InChI=1S/C19H16FN3O/c1-24-15-8-4-12(5-9-15)16-10-18(23-19(22)17(16)11-21)13-2-6-14(20)7-3-13/h2-10,16-17H,1H3,(H2,22,23). The molecular weight excluding hydrogens is 305 g/mol. The quantitative estimate of drug-likeness (QED) is 0.941. The lowest BCUT2D eigenvalue weighted by Crippen LogP contribution is -2.30. The molecule has 2 N–H and O–H groups in total. The molecule has 0 saturated heterocycles. The number of hydrogen-bond acceptors (Lipinski definition) is 4. The van der Waals surface area contributed by atoms with Gasteiger partial charge < -0.3 is 10.5 Å². The van der Waals surface area contributed by atoms with Crippen LogP contribution in [-0.4, -0.2) is 12.9 Å². The number of rotatable bonds is 3. The normalized spacial score (nSPS) is 19.9. The highest BCUT2D eigenvalue weighted by Gasteiger charge is 2.29. The molecule has 1 heterocycles. The Kier molecular flexibility index (Phi) is 4.30. The van der Waals surface area contributed by atoms with Gasteiger partial charge in [-0.3, -0.25) is 0 Å². The number of allylic oxidation sites excluding steroid dienone is 1. The Morgan fingerprint density at radius 3 is 2.38 bits per heavy atom. The first-order chi connectivity index (χ1) is 11.6. The molecule has 1 aliphatic rings. The van der Waals surface area contributed by atoms with Crippen LogP contribution in [0, 0.1) is 23.1 Å². The Labute approximate surface area is 139 Å². The number of nitrogens with two attached hydrogens (primary N) is 1. The number of nitriles is 1. The van der Waals surface area contributed by atoms with Gasteiger partial charge in [0.15, 0.2) is 0 Å². The molecule has 5 heteroatoms. The molecule has 0 radical (unpaired) electrons. The monoisotopic (exact) mass is 321 g/mol. The van der Waals surface area contributed by atoms with Gasteiger partial charge in [-0.25, -0.2) is 9.38 Å². The SMILES string of the molecule is COc1ccc(C2C=C(c3ccc(F)cc3)N=C(N)C2C#N)cc1. The van der Waals surface area contributed by atoms with Gasteiger partial charge in [0.1, 0.15) is 23.3 Å². The number of halogens is 1. The second-order valence-electron chi connectivity index (χ2n) is 5.50. The second kappa shape index (κ2) is 6.55. The van der Waals surface area contributed by atoms with Crippen molar-refractivity contribution < 1.29 is 9.13 Å². The molecule has 4 nitrogen and oxygen atoms in total. The molecule has 0 aromatic heterocycles. The summed E-state index contributed by atoms with van der Waals surface area (Å²) < 4.78 is 18.3. The minimum absolute atomic E-state index is 0.224. The van der Waals surface area contributed by atoms with Crippen molar-refractivity contribution in [2.24, 2.45) is 16.6 Å². The Hall–Kier alpha value is -3.13. The van der Waals surface area contributed by atoms with E-state index in [-0.39, 0.29) is 17.6 Å². The predicted molar refractivity (Wildman–Crippen MR) is 90.8 cm³/mol. The second-order valence-corrected chi connectivity index (χ2v) is 5.50. The smallest absolute Gasteiger partial charge is 0.123 e. The Balaban J connectivity index is 2.02. The van der Waals surface area contributed by atoms with E-state index in [0.717, 1.165) is 16.9 Å². The van der Waals surface area contributed by atoms with Gasteiger partial charge >= 0.3 is 0 Å². The van der Waals surface area contributed by atoms with Crippen LogP contribution in [0.25, 0.3) is 5.70 Å². The van der Waals surface area contributed by atoms with Crippen LogP contribution >= 0.6 is 0 Å². The molecule has 2 atom stereocenters. The molecule has 120 valence electrons. The number of aliphatic imine (C=N–C) groups is 1. The van der Waals surface area contributed by atoms with E-state index < -0.39 is 5.92 Å². The summed E-state index contributed by atoms with van der Waals surface area (Å²) in [6.07, 6.45) is 1.90. The maximum Gasteiger partial charge on any atom is 0.123 e. The molecular formula is C19H16FN3O. The third-order valence-electron chi connectivity index (χ3n) is 4.04. The van der Waals surface area contributed by atoms with Crippen molar-refractivity contribution in [1.29, 1.82) is 5.26 Å². The van der Waals surface area contributed by atoms with Crippen molar-refractivity contribution in [2.75, 3.05) is 7.11 Å². The van der Waals surface area contributed by atoms with Crippen LogP contribution in [0.5, 0.6) is 5.75 Å². The molecule has 2 unspecified atom stereocenters. The van der Waals surface area contributed by atoms with Crippen molar-refractivity contribution in [2.45, 2.75) is 5.92 Å². The average Bonchev–Trinajstić information content (AvgIpc) is 2.61. The number of nitrogens with zero attached hydrogens (tertiary/aromatic N) is 2. The summed E-state index contributed by atoms with van der Waals surface area (Å²) in [5.41, 5.74) is 8.36. The number of amidine groups is 1. The van der Waals surface area contributed by atoms with Gasteiger partial charge in [0.2, 0.25) is 0 Å². The molecule has 0 amide bonds. The summed E-state index contributed by atoms with van der Waals surface area (Å²) in [6, 6.07) is 15.8.